The van der Waals surface area contributed by atoms with Crippen LogP contribution in [0, 0.1) is 0 Å². The molecule has 2 atom stereocenters. The molecular formula is C8H10ClNO4S. The van der Waals surface area contributed by atoms with E-state index in [2.05, 4.69) is 9.72 Å². The number of ether oxygens (including phenoxy) is 1. The molecule has 1 aromatic heterocycles. The number of esters is 1. The predicted molar refractivity (Wildman–Crippen MR) is 54.7 cm³/mol. The van der Waals surface area contributed by atoms with Crippen molar-refractivity contribution in [1.29, 1.82) is 0 Å². The minimum absolute atomic E-state index is 0.145. The molecule has 0 radical (unpaired) electrons. The lowest BCUT2D eigenvalue weighted by atomic mass is 10.2. The molecular weight excluding hydrogens is 242 g/mol. The van der Waals surface area contributed by atoms with Gasteiger partial charge in [0.2, 0.25) is 0 Å². The van der Waals surface area contributed by atoms with Gasteiger partial charge in [0.1, 0.15) is 6.10 Å². The highest BCUT2D eigenvalue weighted by Crippen LogP contribution is 2.26. The van der Waals surface area contributed by atoms with Crippen molar-refractivity contribution in [2.24, 2.45) is 0 Å². The first kappa shape index (κ1) is 12.4. The number of hydrogen-bond donors (Lipinski definition) is 2. The highest BCUT2D eigenvalue weighted by atomic mass is 35.5. The summed E-state index contributed by atoms with van der Waals surface area (Å²) >= 11 is 6.54. The summed E-state index contributed by atoms with van der Waals surface area (Å²) in [6.45, 7) is 1.76. The van der Waals surface area contributed by atoms with Crippen LogP contribution < -0.4 is 0 Å². The molecule has 2 N–H and O–H groups in total. The van der Waals surface area contributed by atoms with Crippen LogP contribution in [0.2, 0.25) is 4.47 Å². The molecule has 1 heterocycles. The van der Waals surface area contributed by atoms with Crippen molar-refractivity contribution in [1.82, 2.24) is 4.98 Å². The molecule has 0 aromatic carbocycles. The van der Waals surface area contributed by atoms with Gasteiger partial charge in [-0.25, -0.2) is 9.78 Å². The number of carbonyl (C=O) groups is 1. The predicted octanol–water partition coefficient (Wildman–Crippen LogP) is 0.754. The number of halogens is 1. The second-order valence-electron chi connectivity index (χ2n) is 2.66. The molecule has 0 saturated carbocycles. The summed E-state index contributed by atoms with van der Waals surface area (Å²) in [5.41, 5.74) is 0. The highest BCUT2D eigenvalue weighted by molar-refractivity contribution is 7.15. The summed E-state index contributed by atoms with van der Waals surface area (Å²) in [5, 5.41) is 19.0. The van der Waals surface area contributed by atoms with Crippen molar-refractivity contribution < 1.29 is 19.7 Å². The molecule has 15 heavy (non-hydrogen) atoms. The molecule has 84 valence electrons. The van der Waals surface area contributed by atoms with Crippen molar-refractivity contribution in [3.8, 4) is 0 Å². The normalized spacial score (nSPS) is 14.7. The first-order valence-electron chi connectivity index (χ1n) is 4.20. The van der Waals surface area contributed by atoms with E-state index in [0.717, 1.165) is 11.3 Å². The van der Waals surface area contributed by atoms with Crippen LogP contribution in [0.25, 0.3) is 0 Å². The Labute approximate surface area is 95.3 Å². The van der Waals surface area contributed by atoms with Gasteiger partial charge in [-0.3, -0.25) is 0 Å². The maximum absolute atomic E-state index is 11.1. The van der Waals surface area contributed by atoms with Crippen LogP contribution in [-0.2, 0) is 9.53 Å². The SMILES string of the molecule is CCOC(=O)[C@@H](O)[C@H](O)c1cnc(Cl)s1. The number of hydrogen-bond acceptors (Lipinski definition) is 6. The van der Waals surface area contributed by atoms with E-state index in [1.54, 1.807) is 6.92 Å². The van der Waals surface area contributed by atoms with E-state index < -0.39 is 18.2 Å². The van der Waals surface area contributed by atoms with Crippen molar-refractivity contribution in [2.75, 3.05) is 6.61 Å². The molecule has 0 aliphatic heterocycles. The van der Waals surface area contributed by atoms with Gasteiger partial charge >= 0.3 is 5.97 Å². The van der Waals surface area contributed by atoms with Gasteiger partial charge in [-0.2, -0.15) is 0 Å². The van der Waals surface area contributed by atoms with Gasteiger partial charge in [-0.15, -0.1) is 11.3 Å². The summed E-state index contributed by atoms with van der Waals surface area (Å²) in [4.78, 5) is 15.1. The third-order valence-corrected chi connectivity index (χ3v) is 2.80. The second kappa shape index (κ2) is 5.41. The van der Waals surface area contributed by atoms with Gasteiger partial charge in [-0.1, -0.05) is 11.6 Å². The summed E-state index contributed by atoms with van der Waals surface area (Å²) in [6.07, 6.45) is -1.66. The molecule has 1 aromatic rings. The number of nitrogens with zero attached hydrogens (tertiary/aromatic N) is 1. The quantitative estimate of drug-likeness (QED) is 0.772. The summed E-state index contributed by atoms with van der Waals surface area (Å²) in [6, 6.07) is 0. The summed E-state index contributed by atoms with van der Waals surface area (Å²) in [5.74, 6) is -0.866. The molecule has 7 heteroatoms. The first-order valence-corrected chi connectivity index (χ1v) is 5.39. The number of thiazole rings is 1. The molecule has 0 bridgehead atoms. The van der Waals surface area contributed by atoms with Crippen molar-refractivity contribution in [2.45, 2.75) is 19.1 Å². The monoisotopic (exact) mass is 251 g/mol. The standard InChI is InChI=1S/C8H10ClNO4S/c1-2-14-7(13)6(12)5(11)4-3-10-8(9)15-4/h3,5-6,11-12H,2H2,1H3/t5-,6+/m1/s1. The van der Waals surface area contributed by atoms with Crippen LogP contribution in [0.15, 0.2) is 6.20 Å². The van der Waals surface area contributed by atoms with Crippen molar-refractivity contribution in [3.05, 3.63) is 15.5 Å². The third-order valence-electron chi connectivity index (χ3n) is 1.61. The van der Waals surface area contributed by atoms with E-state index in [-0.39, 0.29) is 11.1 Å². The zero-order chi connectivity index (χ0) is 11.4. The number of rotatable bonds is 4. The lowest BCUT2D eigenvalue weighted by Gasteiger charge is -2.14. The number of aliphatic hydroxyl groups is 2. The fourth-order valence-electron chi connectivity index (χ4n) is 0.913. The van der Waals surface area contributed by atoms with Crippen LogP contribution in [0.3, 0.4) is 0 Å². The largest absolute Gasteiger partial charge is 0.464 e. The summed E-state index contributed by atoms with van der Waals surface area (Å²) < 4.78 is 4.79. The van der Waals surface area contributed by atoms with E-state index in [0.29, 0.717) is 4.88 Å². The Morgan fingerprint density at radius 1 is 1.73 bits per heavy atom. The number of aromatic nitrogens is 1. The minimum Gasteiger partial charge on any atom is -0.464 e. The lowest BCUT2D eigenvalue weighted by molar-refractivity contribution is -0.159. The maximum atomic E-state index is 11.1. The topological polar surface area (TPSA) is 79.7 Å². The molecule has 0 aliphatic carbocycles. The fraction of sp³-hybridized carbons (Fsp3) is 0.500. The van der Waals surface area contributed by atoms with Crippen LogP contribution in [0.4, 0.5) is 0 Å². The van der Waals surface area contributed by atoms with Gasteiger partial charge in [0, 0.05) is 6.20 Å². The third kappa shape index (κ3) is 3.13. The Morgan fingerprint density at radius 3 is 2.87 bits per heavy atom. The Morgan fingerprint density at radius 2 is 2.40 bits per heavy atom. The Hall–Kier alpha value is -0.690. The molecule has 0 fully saturated rings. The Kier molecular flexibility index (Phi) is 4.46. The van der Waals surface area contributed by atoms with E-state index in [1.165, 1.54) is 6.20 Å². The number of carbonyl (C=O) groups excluding carboxylic acids is 1. The van der Waals surface area contributed by atoms with Crippen molar-refractivity contribution >= 4 is 28.9 Å². The van der Waals surface area contributed by atoms with E-state index in [1.807, 2.05) is 0 Å². The average molecular weight is 252 g/mol. The molecule has 0 amide bonds. The van der Waals surface area contributed by atoms with Crippen LogP contribution in [-0.4, -0.2) is 33.9 Å². The minimum atomic E-state index is -1.61. The van der Waals surface area contributed by atoms with Gasteiger partial charge in [0.25, 0.3) is 0 Å². The van der Waals surface area contributed by atoms with Gasteiger partial charge in [0.05, 0.1) is 11.5 Å². The summed E-state index contributed by atoms with van der Waals surface area (Å²) in [7, 11) is 0. The van der Waals surface area contributed by atoms with Gasteiger partial charge < -0.3 is 14.9 Å². The van der Waals surface area contributed by atoms with Crippen LogP contribution in [0.5, 0.6) is 0 Å². The first-order chi connectivity index (χ1) is 7.06. The van der Waals surface area contributed by atoms with Gasteiger partial charge in [0.15, 0.2) is 10.6 Å². The Bertz CT molecular complexity index is 343. The molecule has 0 saturated heterocycles. The lowest BCUT2D eigenvalue weighted by Crippen LogP contribution is -2.29. The molecule has 0 unspecified atom stereocenters. The van der Waals surface area contributed by atoms with Crippen molar-refractivity contribution in [3.63, 3.8) is 0 Å². The van der Waals surface area contributed by atoms with Crippen LogP contribution >= 0.6 is 22.9 Å². The smallest absolute Gasteiger partial charge is 0.338 e. The van der Waals surface area contributed by atoms with E-state index >= 15 is 0 Å². The molecule has 0 aliphatic rings. The highest BCUT2D eigenvalue weighted by Gasteiger charge is 2.28. The van der Waals surface area contributed by atoms with Gasteiger partial charge in [-0.05, 0) is 6.92 Å². The number of aliphatic hydroxyl groups excluding tert-OH is 2. The zero-order valence-corrected chi connectivity index (χ0v) is 9.46. The van der Waals surface area contributed by atoms with Crippen LogP contribution in [0.1, 0.15) is 17.9 Å². The van der Waals surface area contributed by atoms with E-state index in [4.69, 9.17) is 11.6 Å². The molecule has 1 rings (SSSR count). The maximum Gasteiger partial charge on any atom is 0.338 e. The Balaban J connectivity index is 2.67. The van der Waals surface area contributed by atoms with E-state index in [9.17, 15) is 15.0 Å². The zero-order valence-electron chi connectivity index (χ0n) is 7.88. The molecule has 0 spiro atoms. The fourth-order valence-corrected chi connectivity index (χ4v) is 1.88. The second-order valence-corrected chi connectivity index (χ2v) is 4.30. The molecule has 5 nitrogen and oxygen atoms in total. The average Bonchev–Trinajstić information content (AvgIpc) is 2.63.